The summed E-state index contributed by atoms with van der Waals surface area (Å²) in [4.78, 5) is 1.90. The quantitative estimate of drug-likeness (QED) is 0.377. The van der Waals surface area contributed by atoms with E-state index in [1.54, 1.807) is 0 Å². The molecule has 0 aliphatic carbocycles. The van der Waals surface area contributed by atoms with Crippen LogP contribution in [-0.4, -0.2) is 23.9 Å². The summed E-state index contributed by atoms with van der Waals surface area (Å²) < 4.78 is 11.3. The third-order valence-electron chi connectivity index (χ3n) is 3.18. The minimum absolute atomic E-state index is 0.0899. The van der Waals surface area contributed by atoms with Gasteiger partial charge < -0.3 is 20.4 Å². The Kier molecular flexibility index (Phi) is 5.18. The van der Waals surface area contributed by atoms with E-state index in [9.17, 15) is 0 Å². The molecule has 3 N–H and O–H groups in total. The first-order chi connectivity index (χ1) is 9.24. The average molecular weight is 284 g/mol. The van der Waals surface area contributed by atoms with Crippen molar-refractivity contribution in [2.24, 2.45) is 10.9 Å². The van der Waals surface area contributed by atoms with Gasteiger partial charge in [-0.1, -0.05) is 12.1 Å². The summed E-state index contributed by atoms with van der Waals surface area (Å²) in [7, 11) is 0. The van der Waals surface area contributed by atoms with Gasteiger partial charge in [-0.25, -0.2) is 0 Å². The van der Waals surface area contributed by atoms with Crippen LogP contribution in [0.2, 0.25) is 0 Å². The Labute approximate surface area is 117 Å². The molecule has 2 heterocycles. The molecule has 1 fully saturated rings. The lowest BCUT2D eigenvalue weighted by molar-refractivity contribution is -0.168. The van der Waals surface area contributed by atoms with Crippen molar-refractivity contribution >= 4 is 17.2 Å². The molecule has 1 unspecified atom stereocenters. The number of thiophene rings is 1. The molecule has 1 aliphatic rings. The van der Waals surface area contributed by atoms with Crippen LogP contribution < -0.4 is 5.73 Å². The van der Waals surface area contributed by atoms with Gasteiger partial charge in [-0.3, -0.25) is 0 Å². The molecule has 1 aliphatic heterocycles. The Morgan fingerprint density at radius 1 is 1.63 bits per heavy atom. The Morgan fingerprint density at radius 3 is 3.11 bits per heavy atom. The third kappa shape index (κ3) is 3.68. The number of rotatable bonds is 5. The van der Waals surface area contributed by atoms with Gasteiger partial charge in [0.1, 0.15) is 0 Å². The summed E-state index contributed by atoms with van der Waals surface area (Å²) in [6.45, 7) is 3.39. The van der Waals surface area contributed by atoms with Crippen molar-refractivity contribution < 1.29 is 14.7 Å². The first kappa shape index (κ1) is 14.3. The van der Waals surface area contributed by atoms with Crippen LogP contribution in [0.5, 0.6) is 0 Å². The lowest BCUT2D eigenvalue weighted by atomic mass is 10.2. The maximum Gasteiger partial charge on any atom is 0.180 e. The highest BCUT2D eigenvalue weighted by atomic mass is 32.1. The highest BCUT2D eigenvalue weighted by Gasteiger charge is 2.16. The zero-order valence-electron chi connectivity index (χ0n) is 11.1. The number of hydrogen-bond acceptors (Lipinski definition) is 5. The Hall–Kier alpha value is -1.11. The molecular weight excluding hydrogens is 264 g/mol. The van der Waals surface area contributed by atoms with Gasteiger partial charge in [-0.05, 0) is 37.3 Å². The SMILES string of the molecule is CCc1cc(C(N)=NO)sc1COC1CCCCO1. The molecule has 1 atom stereocenters. The molecule has 0 radical (unpaired) electrons. The van der Waals surface area contributed by atoms with Gasteiger partial charge >= 0.3 is 0 Å². The van der Waals surface area contributed by atoms with Crippen LogP contribution in [0.3, 0.4) is 0 Å². The van der Waals surface area contributed by atoms with Gasteiger partial charge in [-0.15, -0.1) is 11.3 Å². The van der Waals surface area contributed by atoms with Crippen molar-refractivity contribution in [3.63, 3.8) is 0 Å². The molecule has 0 spiro atoms. The van der Waals surface area contributed by atoms with Crippen LogP contribution in [0.4, 0.5) is 0 Å². The van der Waals surface area contributed by atoms with Crippen molar-refractivity contribution in [2.45, 2.75) is 45.5 Å². The average Bonchev–Trinajstić information content (AvgIpc) is 2.88. The molecule has 1 aromatic heterocycles. The number of oxime groups is 1. The molecule has 0 amide bonds. The highest BCUT2D eigenvalue weighted by molar-refractivity contribution is 7.14. The summed E-state index contributed by atoms with van der Waals surface area (Å²) in [5, 5.41) is 11.7. The van der Waals surface area contributed by atoms with Crippen LogP contribution in [-0.2, 0) is 22.5 Å². The van der Waals surface area contributed by atoms with E-state index in [0.717, 1.165) is 42.0 Å². The summed E-state index contributed by atoms with van der Waals surface area (Å²) in [5.41, 5.74) is 6.80. The lowest BCUT2D eigenvalue weighted by Gasteiger charge is -2.22. The van der Waals surface area contributed by atoms with Gasteiger partial charge in [0.25, 0.3) is 0 Å². The second-order valence-electron chi connectivity index (χ2n) is 4.50. The first-order valence-corrected chi connectivity index (χ1v) is 7.39. The van der Waals surface area contributed by atoms with Gasteiger partial charge in [0, 0.05) is 11.5 Å². The largest absolute Gasteiger partial charge is 0.409 e. The minimum atomic E-state index is -0.0899. The van der Waals surface area contributed by atoms with Crippen LogP contribution in [0.1, 0.15) is 41.5 Å². The Morgan fingerprint density at radius 2 is 2.47 bits per heavy atom. The van der Waals surface area contributed by atoms with Crippen LogP contribution in [0.15, 0.2) is 11.2 Å². The topological polar surface area (TPSA) is 77.1 Å². The fourth-order valence-corrected chi connectivity index (χ4v) is 3.15. The monoisotopic (exact) mass is 284 g/mol. The first-order valence-electron chi connectivity index (χ1n) is 6.57. The predicted molar refractivity (Wildman–Crippen MR) is 74.6 cm³/mol. The molecule has 0 aromatic carbocycles. The van der Waals surface area contributed by atoms with E-state index in [4.69, 9.17) is 20.4 Å². The van der Waals surface area contributed by atoms with Crippen molar-refractivity contribution in [3.8, 4) is 0 Å². The Bertz CT molecular complexity index is 439. The summed E-state index contributed by atoms with van der Waals surface area (Å²) in [5.74, 6) is 0.153. The predicted octanol–water partition coefficient (Wildman–Crippen LogP) is 2.45. The molecule has 19 heavy (non-hydrogen) atoms. The third-order valence-corrected chi connectivity index (χ3v) is 4.35. The molecular formula is C13H20N2O3S. The van der Waals surface area contributed by atoms with Crippen molar-refractivity contribution in [2.75, 3.05) is 6.61 Å². The fraction of sp³-hybridized carbons (Fsp3) is 0.615. The second kappa shape index (κ2) is 6.88. The summed E-state index contributed by atoms with van der Waals surface area (Å²) in [6, 6.07) is 1.96. The van der Waals surface area contributed by atoms with Crippen molar-refractivity contribution in [3.05, 3.63) is 21.4 Å². The molecule has 106 valence electrons. The van der Waals surface area contributed by atoms with Gasteiger partial charge in [-0.2, -0.15) is 0 Å². The van der Waals surface area contributed by atoms with E-state index >= 15 is 0 Å². The molecule has 0 bridgehead atoms. The van der Waals surface area contributed by atoms with Crippen molar-refractivity contribution in [1.82, 2.24) is 0 Å². The van der Waals surface area contributed by atoms with Crippen molar-refractivity contribution in [1.29, 1.82) is 0 Å². The van der Waals surface area contributed by atoms with Gasteiger partial charge in [0.05, 0.1) is 11.5 Å². The fourth-order valence-electron chi connectivity index (χ4n) is 2.07. The van der Waals surface area contributed by atoms with Crippen LogP contribution in [0.25, 0.3) is 0 Å². The standard InChI is InChI=1S/C13H20N2O3S/c1-2-9-7-10(13(14)15-16)19-11(9)8-18-12-5-3-4-6-17-12/h7,12,16H,2-6,8H2,1H3,(H2,14,15). The number of hydrogen-bond donors (Lipinski definition) is 2. The van der Waals surface area contributed by atoms with E-state index in [2.05, 4.69) is 12.1 Å². The maximum absolute atomic E-state index is 8.71. The number of nitrogens with zero attached hydrogens (tertiary/aromatic N) is 1. The van der Waals surface area contributed by atoms with E-state index in [0.29, 0.717) is 6.61 Å². The van der Waals surface area contributed by atoms with Gasteiger partial charge in [0.2, 0.25) is 0 Å². The number of ether oxygens (including phenoxy) is 2. The second-order valence-corrected chi connectivity index (χ2v) is 5.64. The zero-order valence-corrected chi connectivity index (χ0v) is 11.9. The Balaban J connectivity index is 2.00. The molecule has 0 saturated carbocycles. The minimum Gasteiger partial charge on any atom is -0.409 e. The molecule has 1 saturated heterocycles. The highest BCUT2D eigenvalue weighted by Crippen LogP contribution is 2.25. The van der Waals surface area contributed by atoms with E-state index in [1.165, 1.54) is 16.9 Å². The number of amidine groups is 1. The van der Waals surface area contributed by atoms with E-state index < -0.39 is 0 Å². The summed E-state index contributed by atoms with van der Waals surface area (Å²) in [6.07, 6.45) is 4.05. The number of nitrogens with two attached hydrogens (primary N) is 1. The summed E-state index contributed by atoms with van der Waals surface area (Å²) >= 11 is 1.51. The molecule has 5 nitrogen and oxygen atoms in total. The van der Waals surface area contributed by atoms with Crippen LogP contribution in [0, 0.1) is 0 Å². The van der Waals surface area contributed by atoms with Crippen LogP contribution >= 0.6 is 11.3 Å². The van der Waals surface area contributed by atoms with Gasteiger partial charge in [0.15, 0.2) is 12.1 Å². The molecule has 2 rings (SSSR count). The molecule has 1 aromatic rings. The smallest absolute Gasteiger partial charge is 0.180 e. The van der Waals surface area contributed by atoms with E-state index in [1.807, 2.05) is 6.07 Å². The normalized spacial score (nSPS) is 20.7. The van der Waals surface area contributed by atoms with E-state index in [-0.39, 0.29) is 12.1 Å². The zero-order chi connectivity index (χ0) is 13.7. The lowest BCUT2D eigenvalue weighted by Crippen LogP contribution is -2.21. The molecule has 6 heteroatoms. The number of aryl methyl sites for hydroxylation is 1. The maximum atomic E-state index is 8.71.